The van der Waals surface area contributed by atoms with Gasteiger partial charge in [-0.15, -0.1) is 0 Å². The van der Waals surface area contributed by atoms with Crippen LogP contribution in [0.5, 0.6) is 5.75 Å². The molecule has 0 bridgehead atoms. The van der Waals surface area contributed by atoms with E-state index in [1.807, 2.05) is 16.9 Å². The van der Waals surface area contributed by atoms with Gasteiger partial charge in [-0.2, -0.15) is 10.1 Å². The highest BCUT2D eigenvalue weighted by Crippen LogP contribution is 2.29. The van der Waals surface area contributed by atoms with Gasteiger partial charge in [-0.1, -0.05) is 13.3 Å². The Hall–Kier alpha value is -2.98. The van der Waals surface area contributed by atoms with E-state index in [1.165, 1.54) is 0 Å². The summed E-state index contributed by atoms with van der Waals surface area (Å²) in [6, 6.07) is 2.13. The van der Waals surface area contributed by atoms with Gasteiger partial charge < -0.3 is 26.2 Å². The zero-order valence-electron chi connectivity index (χ0n) is 19.4. The lowest BCUT2D eigenvalue weighted by atomic mass is 9.95. The fourth-order valence-corrected chi connectivity index (χ4v) is 4.50. The highest BCUT2D eigenvalue weighted by molar-refractivity contribution is 5.86. The lowest BCUT2D eigenvalue weighted by molar-refractivity contribution is 0.276. The standard InChI is InChI=1S/C23H34N8O2/c1-3-5-17(7-9-32)28-22-21-19(29-23(24)30-22)13-27-31(21)14-16-12-26-18(10-20(16)33-2)15-6-4-8-25-11-15/h10,12-13,15,17,25,32H,3-9,11,14H2,1-2H3,(H3,24,28,29,30)/t15?,17-/m0/s1. The monoisotopic (exact) mass is 454 g/mol. The number of piperidine rings is 1. The molecule has 3 aromatic rings. The third kappa shape index (κ3) is 5.33. The summed E-state index contributed by atoms with van der Waals surface area (Å²) in [5, 5.41) is 20.9. The van der Waals surface area contributed by atoms with Gasteiger partial charge in [-0.05, 0) is 32.2 Å². The first-order valence-corrected chi connectivity index (χ1v) is 11.7. The zero-order chi connectivity index (χ0) is 23.2. The van der Waals surface area contributed by atoms with Crippen LogP contribution in [-0.4, -0.2) is 62.7 Å². The number of ether oxygens (including phenoxy) is 1. The van der Waals surface area contributed by atoms with E-state index >= 15 is 0 Å². The molecule has 1 saturated heterocycles. The van der Waals surface area contributed by atoms with Crippen molar-refractivity contribution in [3.05, 3.63) is 29.7 Å². The molecule has 1 unspecified atom stereocenters. The normalized spacial score (nSPS) is 17.2. The highest BCUT2D eigenvalue weighted by Gasteiger charge is 2.20. The Kier molecular flexibility index (Phi) is 7.56. The molecular weight excluding hydrogens is 420 g/mol. The number of pyridine rings is 1. The van der Waals surface area contributed by atoms with Gasteiger partial charge in [0.15, 0.2) is 5.82 Å². The largest absolute Gasteiger partial charge is 0.496 e. The molecule has 2 atom stereocenters. The highest BCUT2D eigenvalue weighted by atomic mass is 16.5. The third-order valence-corrected chi connectivity index (χ3v) is 6.18. The smallest absolute Gasteiger partial charge is 0.222 e. The van der Waals surface area contributed by atoms with E-state index in [2.05, 4.69) is 32.6 Å². The van der Waals surface area contributed by atoms with Crippen LogP contribution in [-0.2, 0) is 6.54 Å². The van der Waals surface area contributed by atoms with E-state index in [0.717, 1.165) is 61.3 Å². The van der Waals surface area contributed by atoms with Crippen LogP contribution in [0, 0.1) is 0 Å². The van der Waals surface area contributed by atoms with Gasteiger partial charge in [0.2, 0.25) is 5.95 Å². The fourth-order valence-electron chi connectivity index (χ4n) is 4.50. The Morgan fingerprint density at radius 2 is 2.21 bits per heavy atom. The number of methoxy groups -OCH3 is 1. The van der Waals surface area contributed by atoms with Crippen LogP contribution in [0.2, 0.25) is 0 Å². The average molecular weight is 455 g/mol. The minimum Gasteiger partial charge on any atom is -0.496 e. The van der Waals surface area contributed by atoms with Crippen molar-refractivity contribution < 1.29 is 9.84 Å². The van der Waals surface area contributed by atoms with E-state index in [0.29, 0.717) is 30.2 Å². The minimum atomic E-state index is 0.0837. The molecule has 3 aromatic heterocycles. The maximum absolute atomic E-state index is 9.45. The molecule has 4 heterocycles. The van der Waals surface area contributed by atoms with Crippen molar-refractivity contribution in [2.45, 2.75) is 57.5 Å². The summed E-state index contributed by atoms with van der Waals surface area (Å²) in [5.41, 5.74) is 9.38. The molecule has 33 heavy (non-hydrogen) atoms. The van der Waals surface area contributed by atoms with E-state index in [4.69, 9.17) is 15.5 Å². The van der Waals surface area contributed by atoms with Crippen molar-refractivity contribution >= 4 is 22.8 Å². The summed E-state index contributed by atoms with van der Waals surface area (Å²) in [6.07, 6.45) is 8.40. The first-order valence-electron chi connectivity index (χ1n) is 11.7. The molecule has 0 aromatic carbocycles. The lowest BCUT2D eigenvalue weighted by Crippen LogP contribution is -2.28. The van der Waals surface area contributed by atoms with Crippen LogP contribution in [0.25, 0.3) is 11.0 Å². The lowest BCUT2D eigenvalue weighted by Gasteiger charge is -2.23. The van der Waals surface area contributed by atoms with Crippen molar-refractivity contribution in [1.82, 2.24) is 30.0 Å². The molecule has 0 saturated carbocycles. The van der Waals surface area contributed by atoms with Gasteiger partial charge in [0.1, 0.15) is 16.8 Å². The van der Waals surface area contributed by atoms with E-state index in [1.54, 1.807) is 13.3 Å². The van der Waals surface area contributed by atoms with Crippen molar-refractivity contribution in [3.63, 3.8) is 0 Å². The van der Waals surface area contributed by atoms with E-state index < -0.39 is 0 Å². The maximum Gasteiger partial charge on any atom is 0.222 e. The minimum absolute atomic E-state index is 0.0837. The second-order valence-corrected chi connectivity index (χ2v) is 8.57. The van der Waals surface area contributed by atoms with E-state index in [-0.39, 0.29) is 18.6 Å². The number of nitrogens with two attached hydrogens (primary N) is 1. The Morgan fingerprint density at radius 3 is 2.94 bits per heavy atom. The van der Waals surface area contributed by atoms with Crippen molar-refractivity contribution in [2.24, 2.45) is 0 Å². The summed E-state index contributed by atoms with van der Waals surface area (Å²) in [5.74, 6) is 2.01. The molecule has 0 spiro atoms. The van der Waals surface area contributed by atoms with Crippen LogP contribution in [0.15, 0.2) is 18.5 Å². The number of anilines is 2. The number of hydrogen-bond donors (Lipinski definition) is 4. The van der Waals surface area contributed by atoms with Crippen LogP contribution in [0.1, 0.15) is 56.2 Å². The van der Waals surface area contributed by atoms with Gasteiger partial charge in [0.25, 0.3) is 0 Å². The van der Waals surface area contributed by atoms with Crippen LogP contribution in [0.4, 0.5) is 11.8 Å². The second-order valence-electron chi connectivity index (χ2n) is 8.57. The number of aromatic nitrogens is 5. The molecule has 4 rings (SSSR count). The Morgan fingerprint density at radius 1 is 1.33 bits per heavy atom. The summed E-state index contributed by atoms with van der Waals surface area (Å²) in [4.78, 5) is 13.6. The molecule has 5 N–H and O–H groups in total. The number of aliphatic hydroxyl groups excluding tert-OH is 1. The van der Waals surface area contributed by atoms with Crippen LogP contribution >= 0.6 is 0 Å². The molecule has 1 aliphatic heterocycles. The molecule has 0 amide bonds. The van der Waals surface area contributed by atoms with Gasteiger partial charge in [-0.3, -0.25) is 9.67 Å². The number of rotatable bonds is 10. The van der Waals surface area contributed by atoms with Crippen LogP contribution in [0.3, 0.4) is 0 Å². The molecule has 10 heteroatoms. The first-order chi connectivity index (χ1) is 16.1. The SMILES string of the molecule is CCC[C@@H](CCO)Nc1nc(N)nc2cnn(Cc3cnc(C4CCCNC4)cc3OC)c12. The second kappa shape index (κ2) is 10.8. The van der Waals surface area contributed by atoms with E-state index in [9.17, 15) is 5.11 Å². The summed E-state index contributed by atoms with van der Waals surface area (Å²) in [7, 11) is 1.68. The third-order valence-electron chi connectivity index (χ3n) is 6.18. The Balaban J connectivity index is 1.64. The van der Waals surface area contributed by atoms with Crippen molar-refractivity contribution in [2.75, 3.05) is 37.9 Å². The number of nitrogens with one attached hydrogen (secondary N) is 2. The molecule has 0 aliphatic carbocycles. The number of fused-ring (bicyclic) bond motifs is 1. The molecule has 0 radical (unpaired) electrons. The van der Waals surface area contributed by atoms with Gasteiger partial charge in [0.05, 0.1) is 19.9 Å². The zero-order valence-corrected chi connectivity index (χ0v) is 19.4. The maximum atomic E-state index is 9.45. The molecule has 1 fully saturated rings. The molecule has 1 aliphatic rings. The topological polar surface area (TPSA) is 136 Å². The fraction of sp³-hybridized carbons (Fsp3) is 0.565. The van der Waals surface area contributed by atoms with Gasteiger partial charge in [-0.25, -0.2) is 4.98 Å². The molecule has 10 nitrogen and oxygen atoms in total. The number of nitrogens with zero attached hydrogens (tertiary/aromatic N) is 5. The van der Waals surface area contributed by atoms with Gasteiger partial charge >= 0.3 is 0 Å². The quantitative estimate of drug-likeness (QED) is 0.364. The Bertz CT molecular complexity index is 1060. The summed E-state index contributed by atoms with van der Waals surface area (Å²) in [6.45, 7) is 4.69. The van der Waals surface area contributed by atoms with Gasteiger partial charge in [0, 0.05) is 48.6 Å². The van der Waals surface area contributed by atoms with Crippen molar-refractivity contribution in [3.8, 4) is 5.75 Å². The first kappa shape index (κ1) is 23.2. The summed E-state index contributed by atoms with van der Waals surface area (Å²) < 4.78 is 7.57. The average Bonchev–Trinajstić information content (AvgIpc) is 3.22. The number of aliphatic hydroxyl groups is 1. The molecular formula is C23H34N8O2. The van der Waals surface area contributed by atoms with Crippen LogP contribution < -0.4 is 21.1 Å². The predicted molar refractivity (Wildman–Crippen MR) is 128 cm³/mol. The number of nitrogen functional groups attached to an aromatic ring is 1. The Labute approximate surface area is 194 Å². The summed E-state index contributed by atoms with van der Waals surface area (Å²) >= 11 is 0. The van der Waals surface area contributed by atoms with Crippen molar-refractivity contribution in [1.29, 1.82) is 0 Å². The number of hydrogen-bond acceptors (Lipinski definition) is 9. The predicted octanol–water partition coefficient (Wildman–Crippen LogP) is 2.29. The molecule has 178 valence electrons.